The van der Waals surface area contributed by atoms with Crippen LogP contribution in [0.3, 0.4) is 0 Å². The van der Waals surface area contributed by atoms with Gasteiger partial charge in [-0.15, -0.1) is 0 Å². The lowest BCUT2D eigenvalue weighted by Gasteiger charge is -2.07. The second kappa shape index (κ2) is 9.87. The number of rotatable bonds is 6. The second-order valence-corrected chi connectivity index (χ2v) is 8.13. The Hall–Kier alpha value is -2.14. The summed E-state index contributed by atoms with van der Waals surface area (Å²) in [6.45, 7) is -0.132. The lowest BCUT2D eigenvalue weighted by atomic mass is 10.1. The minimum absolute atomic E-state index is 0.132. The van der Waals surface area contributed by atoms with Crippen LogP contribution < -0.4 is 10.2 Å². The molecule has 142 valence electrons. The number of aromatic hydroxyl groups is 1. The van der Waals surface area contributed by atoms with E-state index in [4.69, 9.17) is 4.74 Å². The van der Waals surface area contributed by atoms with Crippen molar-refractivity contribution in [3.8, 4) is 22.6 Å². The Labute approximate surface area is 190 Å². The van der Waals surface area contributed by atoms with E-state index in [0.717, 1.165) is 23.8 Å². The summed E-state index contributed by atoms with van der Waals surface area (Å²) >= 11 is 4.09. The Morgan fingerprint density at radius 1 is 1.00 bits per heavy atom. The van der Waals surface area contributed by atoms with Crippen molar-refractivity contribution in [1.29, 1.82) is 0 Å². The molecule has 0 saturated heterocycles. The standard InChI is InChI=1S/C21H16I2N2O3/c22-18-10-14(11-19(23)21(18)27)12-24-25-20(26)13-28-17-8-6-16(7-9-17)15-4-2-1-3-5-15/h1-12,27H,13H2,(H,25,26)/b24-12+. The summed E-state index contributed by atoms with van der Waals surface area (Å²) in [5.41, 5.74) is 5.42. The molecule has 0 radical (unpaired) electrons. The van der Waals surface area contributed by atoms with Gasteiger partial charge < -0.3 is 9.84 Å². The number of hydrogen-bond donors (Lipinski definition) is 2. The summed E-state index contributed by atoms with van der Waals surface area (Å²) in [7, 11) is 0. The van der Waals surface area contributed by atoms with Crippen LogP contribution in [-0.2, 0) is 4.79 Å². The Bertz CT molecular complexity index is 967. The number of amides is 1. The molecule has 0 aliphatic carbocycles. The molecule has 3 rings (SSSR count). The molecule has 0 atom stereocenters. The van der Waals surface area contributed by atoms with Crippen molar-refractivity contribution >= 4 is 57.3 Å². The topological polar surface area (TPSA) is 70.9 Å². The first-order chi connectivity index (χ1) is 13.5. The predicted molar refractivity (Wildman–Crippen MR) is 127 cm³/mol. The number of benzene rings is 3. The SMILES string of the molecule is O=C(COc1ccc(-c2ccccc2)cc1)N/N=C/c1cc(I)c(O)c(I)c1. The van der Waals surface area contributed by atoms with Crippen molar-refractivity contribution in [2.24, 2.45) is 5.10 Å². The number of halogens is 2. The maximum atomic E-state index is 11.9. The van der Waals surface area contributed by atoms with Crippen molar-refractivity contribution in [3.05, 3.63) is 79.4 Å². The molecule has 0 aliphatic heterocycles. The molecule has 3 aromatic rings. The Kier molecular flexibility index (Phi) is 7.26. The van der Waals surface area contributed by atoms with Crippen LogP contribution in [0.4, 0.5) is 0 Å². The normalized spacial score (nSPS) is 10.8. The molecule has 0 aromatic heterocycles. The minimum Gasteiger partial charge on any atom is -0.506 e. The molecule has 2 N–H and O–H groups in total. The molecule has 28 heavy (non-hydrogen) atoms. The molecule has 7 heteroatoms. The quantitative estimate of drug-likeness (QED) is 0.244. The zero-order valence-electron chi connectivity index (χ0n) is 14.6. The van der Waals surface area contributed by atoms with Gasteiger partial charge in [-0.1, -0.05) is 42.5 Å². The summed E-state index contributed by atoms with van der Waals surface area (Å²) in [5.74, 6) is 0.502. The molecular weight excluding hydrogens is 582 g/mol. The largest absolute Gasteiger partial charge is 0.506 e. The van der Waals surface area contributed by atoms with Crippen LogP contribution in [0.2, 0.25) is 0 Å². The highest BCUT2D eigenvalue weighted by molar-refractivity contribution is 14.1. The first-order valence-corrected chi connectivity index (χ1v) is 10.5. The number of nitrogens with zero attached hydrogens (tertiary/aromatic N) is 1. The van der Waals surface area contributed by atoms with Gasteiger partial charge in [-0.05, 0) is 86.1 Å². The van der Waals surface area contributed by atoms with Crippen molar-refractivity contribution in [2.45, 2.75) is 0 Å². The number of phenolic OH excluding ortho intramolecular Hbond substituents is 1. The van der Waals surface area contributed by atoms with E-state index >= 15 is 0 Å². The van der Waals surface area contributed by atoms with Crippen LogP contribution in [0, 0.1) is 7.14 Å². The Morgan fingerprint density at radius 3 is 2.25 bits per heavy atom. The van der Waals surface area contributed by atoms with Gasteiger partial charge in [0.05, 0.1) is 13.4 Å². The van der Waals surface area contributed by atoms with E-state index in [1.165, 1.54) is 6.21 Å². The number of phenols is 1. The van der Waals surface area contributed by atoms with Crippen LogP contribution in [0.1, 0.15) is 5.56 Å². The average molecular weight is 598 g/mol. The maximum Gasteiger partial charge on any atom is 0.277 e. The van der Waals surface area contributed by atoms with Gasteiger partial charge in [0, 0.05) is 0 Å². The van der Waals surface area contributed by atoms with Crippen LogP contribution in [0.25, 0.3) is 11.1 Å². The molecule has 0 heterocycles. The van der Waals surface area contributed by atoms with Crippen molar-refractivity contribution in [3.63, 3.8) is 0 Å². The molecule has 1 amide bonds. The van der Waals surface area contributed by atoms with Gasteiger partial charge in [-0.25, -0.2) is 5.43 Å². The van der Waals surface area contributed by atoms with Gasteiger partial charge in [0.2, 0.25) is 0 Å². The van der Waals surface area contributed by atoms with E-state index in [0.29, 0.717) is 5.75 Å². The van der Waals surface area contributed by atoms with Gasteiger partial charge in [0.1, 0.15) is 11.5 Å². The third kappa shape index (κ3) is 5.68. The number of carbonyl (C=O) groups is 1. The fourth-order valence-electron chi connectivity index (χ4n) is 2.39. The lowest BCUT2D eigenvalue weighted by Crippen LogP contribution is -2.24. The zero-order chi connectivity index (χ0) is 19.9. The molecule has 0 aliphatic rings. The first kappa shape index (κ1) is 20.6. The Morgan fingerprint density at radius 2 is 1.61 bits per heavy atom. The van der Waals surface area contributed by atoms with Gasteiger partial charge in [-0.2, -0.15) is 5.10 Å². The van der Waals surface area contributed by atoms with E-state index in [1.54, 1.807) is 12.1 Å². The van der Waals surface area contributed by atoms with E-state index < -0.39 is 0 Å². The van der Waals surface area contributed by atoms with Gasteiger partial charge in [0.25, 0.3) is 5.91 Å². The van der Waals surface area contributed by atoms with Crippen LogP contribution in [-0.4, -0.2) is 23.8 Å². The molecule has 0 unspecified atom stereocenters. The highest BCUT2D eigenvalue weighted by Gasteiger charge is 2.05. The monoisotopic (exact) mass is 598 g/mol. The number of carbonyl (C=O) groups excluding carboxylic acids is 1. The van der Waals surface area contributed by atoms with E-state index in [2.05, 4.69) is 10.5 Å². The minimum atomic E-state index is -0.355. The molecule has 0 saturated carbocycles. The van der Waals surface area contributed by atoms with Gasteiger partial charge in [-0.3, -0.25) is 4.79 Å². The summed E-state index contributed by atoms with van der Waals surface area (Å²) in [6.07, 6.45) is 1.52. The second-order valence-electron chi connectivity index (χ2n) is 5.81. The van der Waals surface area contributed by atoms with Crippen LogP contribution >= 0.6 is 45.2 Å². The number of hydrogen-bond acceptors (Lipinski definition) is 4. The van der Waals surface area contributed by atoms with E-state index in [-0.39, 0.29) is 18.3 Å². The van der Waals surface area contributed by atoms with Gasteiger partial charge in [0.15, 0.2) is 6.61 Å². The summed E-state index contributed by atoms with van der Waals surface area (Å²) in [4.78, 5) is 11.9. The number of hydrazone groups is 1. The summed E-state index contributed by atoms with van der Waals surface area (Å²) < 4.78 is 6.94. The van der Waals surface area contributed by atoms with E-state index in [1.807, 2.05) is 99.8 Å². The molecule has 0 bridgehead atoms. The highest BCUT2D eigenvalue weighted by Crippen LogP contribution is 2.26. The average Bonchev–Trinajstić information content (AvgIpc) is 2.71. The number of nitrogens with one attached hydrogen (secondary N) is 1. The third-order valence-corrected chi connectivity index (χ3v) is 5.42. The number of ether oxygens (including phenoxy) is 1. The molecule has 3 aromatic carbocycles. The van der Waals surface area contributed by atoms with Crippen molar-refractivity contribution < 1.29 is 14.6 Å². The van der Waals surface area contributed by atoms with Crippen molar-refractivity contribution in [2.75, 3.05) is 6.61 Å². The molecule has 5 nitrogen and oxygen atoms in total. The molecular formula is C21H16I2N2O3. The summed E-state index contributed by atoms with van der Waals surface area (Å²) in [6, 6.07) is 21.2. The van der Waals surface area contributed by atoms with Crippen molar-refractivity contribution in [1.82, 2.24) is 5.43 Å². The fraction of sp³-hybridized carbons (Fsp3) is 0.0476. The van der Waals surface area contributed by atoms with Crippen LogP contribution in [0.15, 0.2) is 71.8 Å². The van der Waals surface area contributed by atoms with Gasteiger partial charge >= 0.3 is 0 Å². The lowest BCUT2D eigenvalue weighted by molar-refractivity contribution is -0.123. The summed E-state index contributed by atoms with van der Waals surface area (Å²) in [5, 5.41) is 13.7. The fourth-order valence-corrected chi connectivity index (χ4v) is 4.21. The zero-order valence-corrected chi connectivity index (χ0v) is 18.9. The Balaban J connectivity index is 1.50. The van der Waals surface area contributed by atoms with E-state index in [9.17, 15) is 9.90 Å². The van der Waals surface area contributed by atoms with Crippen LogP contribution in [0.5, 0.6) is 11.5 Å². The maximum absolute atomic E-state index is 11.9. The highest BCUT2D eigenvalue weighted by atomic mass is 127. The molecule has 0 spiro atoms. The third-order valence-electron chi connectivity index (χ3n) is 3.77. The smallest absolute Gasteiger partial charge is 0.277 e. The molecule has 0 fully saturated rings. The first-order valence-electron chi connectivity index (χ1n) is 8.31. The predicted octanol–water partition coefficient (Wildman–Crippen LogP) is 4.80.